The van der Waals surface area contributed by atoms with Gasteiger partial charge in [0.15, 0.2) is 5.82 Å². The third-order valence-corrected chi connectivity index (χ3v) is 4.43. The lowest BCUT2D eigenvalue weighted by Crippen LogP contribution is -2.14. The summed E-state index contributed by atoms with van der Waals surface area (Å²) in [5.74, 6) is 0.408. The molecule has 0 atom stereocenters. The molecular weight excluding hydrogens is 348 g/mol. The second-order valence-electron chi connectivity index (χ2n) is 6.69. The molecule has 0 unspecified atom stereocenters. The molecule has 28 heavy (non-hydrogen) atoms. The second kappa shape index (κ2) is 7.48. The van der Waals surface area contributed by atoms with Gasteiger partial charge in [-0.1, -0.05) is 65.7 Å². The van der Waals surface area contributed by atoms with Crippen LogP contribution in [0.25, 0.3) is 17.1 Å². The van der Waals surface area contributed by atoms with E-state index in [0.717, 1.165) is 22.4 Å². The number of nitrogens with zero attached hydrogens (tertiary/aromatic N) is 3. The summed E-state index contributed by atoms with van der Waals surface area (Å²) >= 11 is 0. The van der Waals surface area contributed by atoms with Gasteiger partial charge >= 0.3 is 0 Å². The second-order valence-corrected chi connectivity index (χ2v) is 6.69. The Morgan fingerprint density at radius 2 is 1.43 bits per heavy atom. The SMILES string of the molecule is Cc1ccc(NC(=O)c2nc(-c3ccccc3)n(-c3ccc(C)cc3)n2)cc1. The Morgan fingerprint density at radius 3 is 2.07 bits per heavy atom. The fourth-order valence-electron chi connectivity index (χ4n) is 2.87. The van der Waals surface area contributed by atoms with Gasteiger partial charge in [-0.05, 0) is 38.1 Å². The molecule has 0 saturated carbocycles. The van der Waals surface area contributed by atoms with Crippen LogP contribution in [0, 0.1) is 13.8 Å². The number of amides is 1. The zero-order chi connectivity index (χ0) is 19.5. The van der Waals surface area contributed by atoms with Crippen LogP contribution in [0.1, 0.15) is 21.7 Å². The lowest BCUT2D eigenvalue weighted by Gasteiger charge is -2.06. The number of hydrogen-bond acceptors (Lipinski definition) is 3. The van der Waals surface area contributed by atoms with Gasteiger partial charge in [-0.3, -0.25) is 4.79 Å². The van der Waals surface area contributed by atoms with Crippen molar-refractivity contribution in [3.63, 3.8) is 0 Å². The van der Waals surface area contributed by atoms with Gasteiger partial charge in [0.1, 0.15) is 0 Å². The zero-order valence-electron chi connectivity index (χ0n) is 15.8. The molecule has 1 amide bonds. The predicted octanol–water partition coefficient (Wildman–Crippen LogP) is 4.80. The van der Waals surface area contributed by atoms with Crippen molar-refractivity contribution < 1.29 is 4.79 Å². The molecule has 0 fully saturated rings. The molecule has 0 aliphatic heterocycles. The first kappa shape index (κ1) is 17.7. The lowest BCUT2D eigenvalue weighted by atomic mass is 10.2. The fraction of sp³-hybridized carbons (Fsp3) is 0.0870. The van der Waals surface area contributed by atoms with E-state index < -0.39 is 0 Å². The molecule has 1 N–H and O–H groups in total. The standard InChI is InChI=1S/C23H20N4O/c1-16-8-12-19(13-9-16)24-23(28)21-25-22(18-6-4-3-5-7-18)27(26-21)20-14-10-17(2)11-15-20/h3-15H,1-2H3,(H,24,28). The third kappa shape index (κ3) is 3.69. The third-order valence-electron chi connectivity index (χ3n) is 4.43. The summed E-state index contributed by atoms with van der Waals surface area (Å²) < 4.78 is 1.71. The molecular formula is C23H20N4O. The summed E-state index contributed by atoms with van der Waals surface area (Å²) in [6.45, 7) is 4.03. The number of nitrogens with one attached hydrogen (secondary N) is 1. The number of hydrogen-bond donors (Lipinski definition) is 1. The summed E-state index contributed by atoms with van der Waals surface area (Å²) in [6.07, 6.45) is 0. The Kier molecular flexibility index (Phi) is 4.72. The number of rotatable bonds is 4. The Balaban J connectivity index is 1.73. The lowest BCUT2D eigenvalue weighted by molar-refractivity contribution is 0.101. The highest BCUT2D eigenvalue weighted by Gasteiger charge is 2.18. The van der Waals surface area contributed by atoms with Crippen LogP contribution < -0.4 is 5.32 Å². The maximum atomic E-state index is 12.7. The molecule has 0 aliphatic carbocycles. The maximum Gasteiger partial charge on any atom is 0.295 e. The van der Waals surface area contributed by atoms with E-state index in [1.54, 1.807) is 4.68 Å². The molecule has 4 aromatic rings. The highest BCUT2D eigenvalue weighted by atomic mass is 16.2. The normalized spacial score (nSPS) is 10.6. The van der Waals surface area contributed by atoms with Crippen molar-refractivity contribution in [1.82, 2.24) is 14.8 Å². The number of aryl methyl sites for hydroxylation is 2. The van der Waals surface area contributed by atoms with Crippen molar-refractivity contribution in [1.29, 1.82) is 0 Å². The molecule has 0 bridgehead atoms. The van der Waals surface area contributed by atoms with Crippen molar-refractivity contribution in [2.45, 2.75) is 13.8 Å². The fourth-order valence-corrected chi connectivity index (χ4v) is 2.87. The van der Waals surface area contributed by atoms with Crippen molar-refractivity contribution in [3.05, 3.63) is 95.8 Å². The largest absolute Gasteiger partial charge is 0.319 e. The summed E-state index contributed by atoms with van der Waals surface area (Å²) in [5.41, 5.74) is 4.74. The van der Waals surface area contributed by atoms with Crippen molar-refractivity contribution in [2.24, 2.45) is 0 Å². The van der Waals surface area contributed by atoms with E-state index in [1.807, 2.05) is 92.7 Å². The highest BCUT2D eigenvalue weighted by molar-refractivity contribution is 6.01. The van der Waals surface area contributed by atoms with Crippen LogP contribution in [-0.2, 0) is 0 Å². The molecule has 0 spiro atoms. The zero-order valence-corrected chi connectivity index (χ0v) is 15.8. The van der Waals surface area contributed by atoms with Crippen molar-refractivity contribution >= 4 is 11.6 Å². The van der Waals surface area contributed by atoms with E-state index in [0.29, 0.717) is 11.5 Å². The van der Waals surface area contributed by atoms with Gasteiger partial charge in [0.05, 0.1) is 5.69 Å². The Labute approximate surface area is 163 Å². The van der Waals surface area contributed by atoms with Crippen LogP contribution in [0.15, 0.2) is 78.9 Å². The Bertz CT molecular complexity index is 1100. The Morgan fingerprint density at radius 1 is 0.821 bits per heavy atom. The summed E-state index contributed by atoms with van der Waals surface area (Å²) in [4.78, 5) is 17.3. The van der Waals surface area contributed by atoms with E-state index >= 15 is 0 Å². The Hall–Kier alpha value is -3.73. The number of anilines is 1. The maximum absolute atomic E-state index is 12.7. The number of carbonyl (C=O) groups excluding carboxylic acids is 1. The minimum atomic E-state index is -0.341. The average molecular weight is 368 g/mol. The minimum absolute atomic E-state index is 0.125. The monoisotopic (exact) mass is 368 g/mol. The van der Waals surface area contributed by atoms with Gasteiger partial charge in [0.25, 0.3) is 5.91 Å². The first-order chi connectivity index (χ1) is 13.6. The molecule has 1 aromatic heterocycles. The van der Waals surface area contributed by atoms with Crippen LogP contribution >= 0.6 is 0 Å². The summed E-state index contributed by atoms with van der Waals surface area (Å²) in [5, 5.41) is 7.35. The number of carbonyl (C=O) groups is 1. The predicted molar refractivity (Wildman–Crippen MR) is 111 cm³/mol. The molecule has 138 valence electrons. The minimum Gasteiger partial charge on any atom is -0.319 e. The van der Waals surface area contributed by atoms with Crippen LogP contribution in [0.2, 0.25) is 0 Å². The molecule has 0 radical (unpaired) electrons. The first-order valence-electron chi connectivity index (χ1n) is 9.08. The highest BCUT2D eigenvalue weighted by Crippen LogP contribution is 2.22. The molecule has 5 heteroatoms. The van der Waals surface area contributed by atoms with Gasteiger partial charge < -0.3 is 5.32 Å². The molecule has 5 nitrogen and oxygen atoms in total. The van der Waals surface area contributed by atoms with E-state index in [-0.39, 0.29) is 11.7 Å². The average Bonchev–Trinajstić information content (AvgIpc) is 3.16. The smallest absolute Gasteiger partial charge is 0.295 e. The van der Waals surface area contributed by atoms with Crippen LogP contribution in [-0.4, -0.2) is 20.7 Å². The topological polar surface area (TPSA) is 59.8 Å². The van der Waals surface area contributed by atoms with Crippen LogP contribution in [0.4, 0.5) is 5.69 Å². The van der Waals surface area contributed by atoms with E-state index in [4.69, 9.17) is 0 Å². The van der Waals surface area contributed by atoms with Crippen LogP contribution in [0.3, 0.4) is 0 Å². The van der Waals surface area contributed by atoms with E-state index in [1.165, 1.54) is 0 Å². The summed E-state index contributed by atoms with van der Waals surface area (Å²) in [6, 6.07) is 25.3. The number of benzene rings is 3. The van der Waals surface area contributed by atoms with Gasteiger partial charge in [0, 0.05) is 11.3 Å². The van der Waals surface area contributed by atoms with E-state index in [9.17, 15) is 4.79 Å². The van der Waals surface area contributed by atoms with Crippen molar-refractivity contribution in [3.8, 4) is 17.1 Å². The van der Waals surface area contributed by atoms with Crippen LogP contribution in [0.5, 0.6) is 0 Å². The molecule has 0 aliphatic rings. The first-order valence-corrected chi connectivity index (χ1v) is 9.08. The molecule has 4 rings (SSSR count). The number of aromatic nitrogens is 3. The van der Waals surface area contributed by atoms with Gasteiger partial charge in [-0.15, -0.1) is 5.10 Å². The molecule has 3 aromatic carbocycles. The summed E-state index contributed by atoms with van der Waals surface area (Å²) in [7, 11) is 0. The quantitative estimate of drug-likeness (QED) is 0.563. The molecule has 0 saturated heterocycles. The molecule has 1 heterocycles. The van der Waals surface area contributed by atoms with Gasteiger partial charge in [-0.2, -0.15) is 0 Å². The van der Waals surface area contributed by atoms with Crippen molar-refractivity contribution in [2.75, 3.05) is 5.32 Å². The van der Waals surface area contributed by atoms with Gasteiger partial charge in [-0.25, -0.2) is 9.67 Å². The van der Waals surface area contributed by atoms with Gasteiger partial charge in [0.2, 0.25) is 5.82 Å². The van der Waals surface area contributed by atoms with E-state index in [2.05, 4.69) is 15.4 Å².